The number of amides is 2. The van der Waals surface area contributed by atoms with Gasteiger partial charge in [-0.15, -0.1) is 0 Å². The molecule has 0 bridgehead atoms. The summed E-state index contributed by atoms with van der Waals surface area (Å²) in [6.45, 7) is 2.36. The molecule has 0 aliphatic heterocycles. The number of nitrogens with zero attached hydrogens (tertiary/aromatic N) is 1. The molecule has 1 aromatic rings. The highest BCUT2D eigenvalue weighted by atomic mass is 16.3. The summed E-state index contributed by atoms with van der Waals surface area (Å²) in [5.41, 5.74) is 1.22. The summed E-state index contributed by atoms with van der Waals surface area (Å²) >= 11 is 0. The molecule has 5 heteroatoms. The highest BCUT2D eigenvalue weighted by Crippen LogP contribution is 2.26. The van der Waals surface area contributed by atoms with Crippen LogP contribution >= 0.6 is 0 Å². The lowest BCUT2D eigenvalue weighted by molar-refractivity contribution is 0.0988. The van der Waals surface area contributed by atoms with Gasteiger partial charge < -0.3 is 15.3 Å². The van der Waals surface area contributed by atoms with Crippen LogP contribution in [0, 0.1) is 5.92 Å². The highest BCUT2D eigenvalue weighted by Gasteiger charge is 2.27. The zero-order valence-corrected chi connectivity index (χ0v) is 13.2. The second-order valence-corrected chi connectivity index (χ2v) is 5.93. The number of aliphatic hydroxyl groups is 1. The summed E-state index contributed by atoms with van der Waals surface area (Å²) in [5.74, 6) is 0.210. The molecule has 1 fully saturated rings. The molecule has 1 aliphatic rings. The molecule has 0 saturated heterocycles. The number of urea groups is 1. The number of anilines is 1. The van der Waals surface area contributed by atoms with Gasteiger partial charge in [0, 0.05) is 37.2 Å². The minimum Gasteiger partial charge on any atom is -0.393 e. The Morgan fingerprint density at radius 1 is 1.36 bits per heavy atom. The predicted octanol–water partition coefficient (Wildman–Crippen LogP) is 2.90. The number of nitrogens with one attached hydrogen (secondary N) is 1. The number of Topliss-reactive ketones (excluding diaryl/α,β-unsaturated/α-hetero) is 1. The first-order valence-corrected chi connectivity index (χ1v) is 7.84. The zero-order chi connectivity index (χ0) is 16.1. The number of hydrogen-bond donors (Lipinski definition) is 2. The van der Waals surface area contributed by atoms with Crippen LogP contribution in [-0.2, 0) is 0 Å². The lowest BCUT2D eigenvalue weighted by Crippen LogP contribution is -2.37. The average molecular weight is 304 g/mol. The van der Waals surface area contributed by atoms with Crippen LogP contribution in [0.3, 0.4) is 0 Å². The van der Waals surface area contributed by atoms with Crippen LogP contribution in [0.4, 0.5) is 10.5 Å². The van der Waals surface area contributed by atoms with E-state index in [9.17, 15) is 14.7 Å². The van der Waals surface area contributed by atoms with E-state index in [2.05, 4.69) is 5.32 Å². The number of carbonyl (C=O) groups is 2. The molecule has 1 aliphatic carbocycles. The smallest absolute Gasteiger partial charge is 0.321 e. The molecule has 2 atom stereocenters. The first-order valence-electron chi connectivity index (χ1n) is 7.84. The van der Waals surface area contributed by atoms with Gasteiger partial charge in [-0.25, -0.2) is 4.79 Å². The van der Waals surface area contributed by atoms with E-state index in [0.717, 1.165) is 19.3 Å². The standard InChI is InChI=1S/C17H24N2O3/c1-3-15(20)12-6-4-8-14(10-12)18-17(22)19(2)11-13-7-5-9-16(13)21/h4,6,8,10,13,16,21H,3,5,7,9,11H2,1-2H3,(H,18,22). The SMILES string of the molecule is CCC(=O)c1cccc(NC(=O)N(C)CC2CCCC2O)c1. The third-order valence-corrected chi connectivity index (χ3v) is 4.23. The van der Waals surface area contributed by atoms with E-state index in [1.54, 1.807) is 36.2 Å². The Labute approximate surface area is 131 Å². The third kappa shape index (κ3) is 4.07. The molecule has 2 N–H and O–H groups in total. The normalized spacial score (nSPS) is 20.7. The molecular formula is C17H24N2O3. The fourth-order valence-corrected chi connectivity index (χ4v) is 2.86. The van der Waals surface area contributed by atoms with Crippen LogP contribution in [0.15, 0.2) is 24.3 Å². The molecule has 0 heterocycles. The van der Waals surface area contributed by atoms with Gasteiger partial charge in [0.2, 0.25) is 0 Å². The topological polar surface area (TPSA) is 69.6 Å². The fourth-order valence-electron chi connectivity index (χ4n) is 2.86. The molecule has 0 spiro atoms. The van der Waals surface area contributed by atoms with Crippen molar-refractivity contribution in [2.45, 2.75) is 38.7 Å². The van der Waals surface area contributed by atoms with Crippen molar-refractivity contribution in [1.82, 2.24) is 4.90 Å². The second kappa shape index (κ2) is 7.40. The number of aliphatic hydroxyl groups excluding tert-OH is 1. The van der Waals surface area contributed by atoms with E-state index in [1.165, 1.54) is 0 Å². The van der Waals surface area contributed by atoms with Crippen molar-refractivity contribution in [2.24, 2.45) is 5.92 Å². The third-order valence-electron chi connectivity index (χ3n) is 4.23. The lowest BCUT2D eigenvalue weighted by atomic mass is 10.1. The first-order chi connectivity index (χ1) is 10.5. The van der Waals surface area contributed by atoms with Crippen molar-refractivity contribution in [1.29, 1.82) is 0 Å². The van der Waals surface area contributed by atoms with Crippen molar-refractivity contribution in [3.63, 3.8) is 0 Å². The molecule has 0 aromatic heterocycles. The van der Waals surface area contributed by atoms with Gasteiger partial charge in [0.1, 0.15) is 0 Å². The quantitative estimate of drug-likeness (QED) is 0.822. The Balaban J connectivity index is 1.94. The number of benzene rings is 1. The Morgan fingerprint density at radius 2 is 2.14 bits per heavy atom. The van der Waals surface area contributed by atoms with Crippen LogP contribution in [0.5, 0.6) is 0 Å². The van der Waals surface area contributed by atoms with Crippen LogP contribution in [0.25, 0.3) is 0 Å². The summed E-state index contributed by atoms with van der Waals surface area (Å²) in [6, 6.07) is 6.75. The Kier molecular flexibility index (Phi) is 5.55. The van der Waals surface area contributed by atoms with Gasteiger partial charge in [-0.1, -0.05) is 25.5 Å². The highest BCUT2D eigenvalue weighted by molar-refractivity contribution is 5.98. The van der Waals surface area contributed by atoms with Crippen molar-refractivity contribution in [2.75, 3.05) is 18.9 Å². The largest absolute Gasteiger partial charge is 0.393 e. The fraction of sp³-hybridized carbons (Fsp3) is 0.529. The van der Waals surface area contributed by atoms with Gasteiger partial charge in [0.25, 0.3) is 0 Å². The molecule has 22 heavy (non-hydrogen) atoms. The molecular weight excluding hydrogens is 280 g/mol. The van der Waals surface area contributed by atoms with Crippen molar-refractivity contribution in [3.8, 4) is 0 Å². The van der Waals surface area contributed by atoms with Crippen molar-refractivity contribution in [3.05, 3.63) is 29.8 Å². The summed E-state index contributed by atoms with van der Waals surface area (Å²) < 4.78 is 0. The molecule has 0 radical (unpaired) electrons. The van der Waals surface area contributed by atoms with Crippen LogP contribution < -0.4 is 5.32 Å². The summed E-state index contributed by atoms with van der Waals surface area (Å²) in [5, 5.41) is 12.6. The Bertz CT molecular complexity index is 544. The van der Waals surface area contributed by atoms with Gasteiger partial charge in [0.05, 0.1) is 6.10 Å². The van der Waals surface area contributed by atoms with E-state index in [0.29, 0.717) is 24.2 Å². The summed E-state index contributed by atoms with van der Waals surface area (Å²) in [4.78, 5) is 25.5. The molecule has 1 saturated carbocycles. The van der Waals surface area contributed by atoms with Gasteiger partial charge in [-0.2, -0.15) is 0 Å². The Morgan fingerprint density at radius 3 is 2.77 bits per heavy atom. The molecule has 120 valence electrons. The lowest BCUT2D eigenvalue weighted by Gasteiger charge is -2.23. The molecule has 5 nitrogen and oxygen atoms in total. The second-order valence-electron chi connectivity index (χ2n) is 5.93. The monoisotopic (exact) mass is 304 g/mol. The van der Waals surface area contributed by atoms with Crippen LogP contribution in [0.1, 0.15) is 43.0 Å². The number of carbonyl (C=O) groups excluding carboxylic acids is 2. The minimum atomic E-state index is -0.305. The van der Waals surface area contributed by atoms with Gasteiger partial charge in [0.15, 0.2) is 5.78 Å². The number of rotatable bonds is 5. The van der Waals surface area contributed by atoms with Crippen molar-refractivity contribution < 1.29 is 14.7 Å². The van der Waals surface area contributed by atoms with E-state index in [1.807, 2.05) is 6.92 Å². The summed E-state index contributed by atoms with van der Waals surface area (Å²) in [6.07, 6.45) is 2.93. The van der Waals surface area contributed by atoms with Gasteiger partial charge in [-0.3, -0.25) is 4.79 Å². The van der Waals surface area contributed by atoms with Crippen molar-refractivity contribution >= 4 is 17.5 Å². The van der Waals surface area contributed by atoms with Crippen LogP contribution in [-0.4, -0.2) is 41.5 Å². The first kappa shape index (κ1) is 16.5. The maximum absolute atomic E-state index is 12.2. The minimum absolute atomic E-state index is 0.0542. The maximum Gasteiger partial charge on any atom is 0.321 e. The summed E-state index contributed by atoms with van der Waals surface area (Å²) in [7, 11) is 1.72. The maximum atomic E-state index is 12.2. The molecule has 1 aromatic carbocycles. The zero-order valence-electron chi connectivity index (χ0n) is 13.2. The van der Waals surface area contributed by atoms with E-state index in [-0.39, 0.29) is 23.8 Å². The Hall–Kier alpha value is -1.88. The predicted molar refractivity (Wildman–Crippen MR) is 86.1 cm³/mol. The van der Waals surface area contributed by atoms with E-state index >= 15 is 0 Å². The van der Waals surface area contributed by atoms with Gasteiger partial charge in [-0.05, 0) is 25.0 Å². The van der Waals surface area contributed by atoms with Crippen LogP contribution in [0.2, 0.25) is 0 Å². The number of hydrogen-bond acceptors (Lipinski definition) is 3. The number of ketones is 1. The average Bonchev–Trinajstić information content (AvgIpc) is 2.91. The molecule has 2 amide bonds. The molecule has 2 unspecified atom stereocenters. The van der Waals surface area contributed by atoms with Gasteiger partial charge >= 0.3 is 6.03 Å². The molecule has 2 rings (SSSR count). The van der Waals surface area contributed by atoms with E-state index in [4.69, 9.17) is 0 Å². The van der Waals surface area contributed by atoms with E-state index < -0.39 is 0 Å².